The number of carboxylic acids is 1. The van der Waals surface area contributed by atoms with Gasteiger partial charge in [-0.2, -0.15) is 0 Å². The lowest BCUT2D eigenvalue weighted by Crippen LogP contribution is -2.54. The molecule has 0 unspecified atom stereocenters. The van der Waals surface area contributed by atoms with Crippen molar-refractivity contribution in [2.24, 2.45) is 0 Å². The van der Waals surface area contributed by atoms with Gasteiger partial charge in [0, 0.05) is 6.42 Å². The highest BCUT2D eigenvalue weighted by Gasteiger charge is 2.36. The van der Waals surface area contributed by atoms with Crippen molar-refractivity contribution in [1.29, 1.82) is 0 Å². The first-order chi connectivity index (χ1) is 9.12. The molecule has 1 atom stereocenters. The molecule has 0 saturated carbocycles. The summed E-state index contributed by atoms with van der Waals surface area (Å²) in [6.45, 7) is 6.64. The highest BCUT2D eigenvalue weighted by atomic mass is 16.6. The Bertz CT molecular complexity index is 478. The number of nitrogens with one attached hydrogen (secondary N) is 1. The molecule has 0 fully saturated rings. The number of hydrogen-bond acceptors (Lipinski definition) is 3. The molecule has 0 aliphatic heterocycles. The standard InChI is InChI=1S/C15H21NO4/c1-14(2,3)20-13(19)16-15(4,12(17)18)10-11-8-6-5-7-9-11/h5-9H,10H2,1-4H3,(H,16,19)(H,17,18)/t15-/m1/s1. The smallest absolute Gasteiger partial charge is 0.408 e. The van der Waals surface area contributed by atoms with E-state index in [1.54, 1.807) is 20.8 Å². The van der Waals surface area contributed by atoms with E-state index in [1.807, 2.05) is 30.3 Å². The minimum Gasteiger partial charge on any atom is -0.480 e. The van der Waals surface area contributed by atoms with Gasteiger partial charge < -0.3 is 15.2 Å². The largest absolute Gasteiger partial charge is 0.480 e. The summed E-state index contributed by atoms with van der Waals surface area (Å²) in [6, 6.07) is 9.13. The Balaban J connectivity index is 2.82. The zero-order valence-electron chi connectivity index (χ0n) is 12.3. The van der Waals surface area contributed by atoms with Crippen LogP contribution < -0.4 is 5.32 Å². The Labute approximate surface area is 118 Å². The van der Waals surface area contributed by atoms with Crippen LogP contribution >= 0.6 is 0 Å². The van der Waals surface area contributed by atoms with Gasteiger partial charge in [0.15, 0.2) is 0 Å². The van der Waals surface area contributed by atoms with Gasteiger partial charge in [0.1, 0.15) is 11.1 Å². The fourth-order valence-corrected chi connectivity index (χ4v) is 1.71. The molecule has 0 aromatic heterocycles. The molecule has 110 valence electrons. The van der Waals surface area contributed by atoms with Gasteiger partial charge >= 0.3 is 12.1 Å². The molecule has 1 amide bonds. The Morgan fingerprint density at radius 2 is 1.70 bits per heavy atom. The zero-order valence-corrected chi connectivity index (χ0v) is 12.3. The molecule has 1 aromatic rings. The number of hydrogen-bond donors (Lipinski definition) is 2. The van der Waals surface area contributed by atoms with Crippen LogP contribution in [0.1, 0.15) is 33.3 Å². The number of alkyl carbamates (subject to hydrolysis) is 1. The molecule has 1 rings (SSSR count). The third kappa shape index (κ3) is 4.91. The molecule has 0 aliphatic carbocycles. The van der Waals surface area contributed by atoms with Crippen molar-refractivity contribution in [2.45, 2.75) is 45.3 Å². The average molecular weight is 279 g/mol. The van der Waals surface area contributed by atoms with Crippen molar-refractivity contribution < 1.29 is 19.4 Å². The second kappa shape index (κ2) is 5.94. The number of carboxylic acid groups (broad SMARTS) is 1. The lowest BCUT2D eigenvalue weighted by molar-refractivity contribution is -0.144. The number of carbonyl (C=O) groups is 2. The van der Waals surface area contributed by atoms with Crippen molar-refractivity contribution in [3.63, 3.8) is 0 Å². The Kier molecular flexibility index (Phi) is 4.76. The van der Waals surface area contributed by atoms with Crippen LogP contribution in [0.25, 0.3) is 0 Å². The van der Waals surface area contributed by atoms with Crippen molar-refractivity contribution in [1.82, 2.24) is 5.32 Å². The van der Waals surface area contributed by atoms with Crippen molar-refractivity contribution in [2.75, 3.05) is 0 Å². The molecule has 2 N–H and O–H groups in total. The van der Waals surface area contributed by atoms with Crippen LogP contribution in [0.2, 0.25) is 0 Å². The normalized spacial score (nSPS) is 14.2. The van der Waals surface area contributed by atoms with Crippen LogP contribution in [-0.2, 0) is 16.0 Å². The van der Waals surface area contributed by atoms with Gasteiger partial charge in [0.05, 0.1) is 0 Å². The molecule has 0 saturated heterocycles. The number of carbonyl (C=O) groups excluding carboxylic acids is 1. The summed E-state index contributed by atoms with van der Waals surface area (Å²) in [5, 5.41) is 11.8. The molecule has 0 aliphatic rings. The summed E-state index contributed by atoms with van der Waals surface area (Å²) in [4.78, 5) is 23.2. The highest BCUT2D eigenvalue weighted by Crippen LogP contribution is 2.15. The Morgan fingerprint density at radius 1 is 1.15 bits per heavy atom. The summed E-state index contributed by atoms with van der Waals surface area (Å²) in [7, 11) is 0. The fourth-order valence-electron chi connectivity index (χ4n) is 1.71. The lowest BCUT2D eigenvalue weighted by atomic mass is 9.93. The van der Waals surface area contributed by atoms with E-state index in [0.717, 1.165) is 5.56 Å². The predicted octanol–water partition coefficient (Wildman–Crippen LogP) is 2.60. The first-order valence-corrected chi connectivity index (χ1v) is 6.41. The fraction of sp³-hybridized carbons (Fsp3) is 0.467. The number of ether oxygens (including phenoxy) is 1. The average Bonchev–Trinajstić information content (AvgIpc) is 2.26. The maximum atomic E-state index is 11.8. The molecule has 20 heavy (non-hydrogen) atoms. The Hall–Kier alpha value is -2.04. The SMILES string of the molecule is CC(C)(C)OC(=O)N[C@](C)(Cc1ccccc1)C(=O)O. The first kappa shape index (κ1) is 16.0. The molecule has 1 aromatic carbocycles. The number of amides is 1. The first-order valence-electron chi connectivity index (χ1n) is 6.41. The molecule has 0 spiro atoms. The van der Waals surface area contributed by atoms with Crippen LogP contribution in [0.4, 0.5) is 4.79 Å². The molecular weight excluding hydrogens is 258 g/mol. The van der Waals surface area contributed by atoms with Gasteiger partial charge in [-0.15, -0.1) is 0 Å². The van der Waals surface area contributed by atoms with E-state index in [4.69, 9.17) is 4.74 Å². The van der Waals surface area contributed by atoms with Crippen molar-refractivity contribution in [3.8, 4) is 0 Å². The minimum atomic E-state index is -1.41. The van der Waals surface area contributed by atoms with E-state index < -0.39 is 23.2 Å². The van der Waals surface area contributed by atoms with E-state index in [0.29, 0.717) is 0 Å². The van der Waals surface area contributed by atoms with E-state index >= 15 is 0 Å². The van der Waals surface area contributed by atoms with Crippen molar-refractivity contribution >= 4 is 12.1 Å². The predicted molar refractivity (Wildman–Crippen MR) is 75.6 cm³/mol. The summed E-state index contributed by atoms with van der Waals surface area (Å²) in [5.74, 6) is -1.10. The topological polar surface area (TPSA) is 75.6 Å². The second-order valence-corrected chi connectivity index (χ2v) is 5.93. The summed E-state index contributed by atoms with van der Waals surface area (Å²) in [5.41, 5.74) is -1.26. The second-order valence-electron chi connectivity index (χ2n) is 5.93. The molecule has 5 nitrogen and oxygen atoms in total. The van der Waals surface area contributed by atoms with E-state index in [9.17, 15) is 14.7 Å². The van der Waals surface area contributed by atoms with Crippen molar-refractivity contribution in [3.05, 3.63) is 35.9 Å². The van der Waals surface area contributed by atoms with E-state index in [-0.39, 0.29) is 6.42 Å². The monoisotopic (exact) mass is 279 g/mol. The van der Waals surface area contributed by atoms with Gasteiger partial charge in [-0.1, -0.05) is 30.3 Å². The van der Waals surface area contributed by atoms with Crippen LogP contribution in [0.3, 0.4) is 0 Å². The maximum absolute atomic E-state index is 11.8. The summed E-state index contributed by atoms with van der Waals surface area (Å²) < 4.78 is 5.11. The van der Waals surface area contributed by atoms with Gasteiger partial charge in [0.2, 0.25) is 0 Å². The third-order valence-corrected chi connectivity index (χ3v) is 2.65. The van der Waals surface area contributed by atoms with E-state index in [1.165, 1.54) is 6.92 Å². The summed E-state index contributed by atoms with van der Waals surface area (Å²) in [6.07, 6.45) is -0.555. The Morgan fingerprint density at radius 3 is 2.15 bits per heavy atom. The highest BCUT2D eigenvalue weighted by molar-refractivity contribution is 5.84. The van der Waals surface area contributed by atoms with Crippen LogP contribution in [0, 0.1) is 0 Å². The number of benzene rings is 1. The van der Waals surface area contributed by atoms with Gasteiger partial charge in [-0.3, -0.25) is 0 Å². The summed E-state index contributed by atoms with van der Waals surface area (Å²) >= 11 is 0. The molecule has 0 radical (unpaired) electrons. The number of aliphatic carboxylic acids is 1. The van der Waals surface area contributed by atoms with Crippen LogP contribution in [0.5, 0.6) is 0 Å². The zero-order chi connectivity index (χ0) is 15.4. The lowest BCUT2D eigenvalue weighted by Gasteiger charge is -2.28. The molecule has 0 bridgehead atoms. The number of rotatable bonds is 4. The van der Waals surface area contributed by atoms with Gasteiger partial charge in [-0.25, -0.2) is 9.59 Å². The third-order valence-electron chi connectivity index (χ3n) is 2.65. The quantitative estimate of drug-likeness (QED) is 0.888. The van der Waals surface area contributed by atoms with E-state index in [2.05, 4.69) is 5.32 Å². The van der Waals surface area contributed by atoms with Gasteiger partial charge in [-0.05, 0) is 33.3 Å². The van der Waals surface area contributed by atoms with Crippen LogP contribution in [-0.4, -0.2) is 28.3 Å². The molecule has 5 heteroatoms. The van der Waals surface area contributed by atoms with Gasteiger partial charge in [0.25, 0.3) is 0 Å². The maximum Gasteiger partial charge on any atom is 0.408 e. The molecular formula is C15H21NO4. The molecule has 0 heterocycles. The van der Waals surface area contributed by atoms with Crippen LogP contribution in [0.15, 0.2) is 30.3 Å². The minimum absolute atomic E-state index is 0.183.